The molecule has 1 amide bonds. The van der Waals surface area contributed by atoms with Crippen LogP contribution in [0.15, 0.2) is 24.3 Å². The zero-order chi connectivity index (χ0) is 14.7. The fraction of sp³-hybridized carbons (Fsp3) is 0.417. The van der Waals surface area contributed by atoms with E-state index in [2.05, 4.69) is 15.4 Å². The Morgan fingerprint density at radius 3 is 2.32 bits per heavy atom. The third kappa shape index (κ3) is 4.44. The number of carbonyl (C=O) groups is 1. The molecule has 1 rings (SSSR count). The first-order chi connectivity index (χ1) is 8.65. The Kier molecular flexibility index (Phi) is 4.41. The molecule has 0 aliphatic heterocycles. The van der Waals surface area contributed by atoms with Gasteiger partial charge in [-0.15, -0.1) is 13.2 Å². The van der Waals surface area contributed by atoms with Crippen LogP contribution in [-0.2, 0) is 4.79 Å². The maximum atomic E-state index is 12.2. The Hall–Kier alpha value is -1.76. The van der Waals surface area contributed by atoms with Crippen molar-refractivity contribution in [2.45, 2.75) is 25.7 Å². The van der Waals surface area contributed by atoms with Crippen LogP contribution in [0.1, 0.15) is 13.8 Å². The average molecular weight is 276 g/mol. The van der Waals surface area contributed by atoms with Crippen LogP contribution in [0, 0.1) is 0 Å². The molecule has 0 bridgehead atoms. The summed E-state index contributed by atoms with van der Waals surface area (Å²) in [6.45, 7) is 3.21. The van der Waals surface area contributed by atoms with Crippen molar-refractivity contribution in [1.29, 1.82) is 0 Å². The van der Waals surface area contributed by atoms with Gasteiger partial charge in [-0.3, -0.25) is 4.79 Å². The van der Waals surface area contributed by atoms with E-state index in [1.165, 1.54) is 18.2 Å². The zero-order valence-electron chi connectivity index (χ0n) is 10.8. The van der Waals surface area contributed by atoms with Crippen LogP contribution in [-0.4, -0.2) is 24.9 Å². The smallest absolute Gasteiger partial charge is 0.404 e. The molecule has 0 atom stereocenters. The highest BCUT2D eigenvalue weighted by atomic mass is 19.4. The van der Waals surface area contributed by atoms with Crippen molar-refractivity contribution in [3.05, 3.63) is 24.3 Å². The van der Waals surface area contributed by atoms with Gasteiger partial charge in [0.25, 0.3) is 0 Å². The molecule has 0 radical (unpaired) electrons. The summed E-state index contributed by atoms with van der Waals surface area (Å²) in [5.74, 6) is -0.913. The van der Waals surface area contributed by atoms with E-state index in [9.17, 15) is 18.0 Å². The average Bonchev–Trinajstić information content (AvgIpc) is 2.29. The van der Waals surface area contributed by atoms with Gasteiger partial charge in [0.05, 0.1) is 11.2 Å². The van der Waals surface area contributed by atoms with Crippen LogP contribution in [0.25, 0.3) is 0 Å². The Morgan fingerprint density at radius 2 is 1.79 bits per heavy atom. The van der Waals surface area contributed by atoms with Crippen LogP contribution in [0.4, 0.5) is 18.9 Å². The van der Waals surface area contributed by atoms with Gasteiger partial charge in [0, 0.05) is 0 Å². The van der Waals surface area contributed by atoms with Crippen LogP contribution in [0.3, 0.4) is 0 Å². The van der Waals surface area contributed by atoms with E-state index in [-0.39, 0.29) is 5.69 Å². The first kappa shape index (κ1) is 15.3. The Morgan fingerprint density at radius 1 is 1.21 bits per heavy atom. The van der Waals surface area contributed by atoms with E-state index < -0.39 is 23.6 Å². The van der Waals surface area contributed by atoms with Gasteiger partial charge in [-0.2, -0.15) is 0 Å². The van der Waals surface area contributed by atoms with Crippen molar-refractivity contribution in [3.63, 3.8) is 0 Å². The summed E-state index contributed by atoms with van der Waals surface area (Å²) in [7, 11) is 1.58. The van der Waals surface area contributed by atoms with Crippen molar-refractivity contribution in [2.75, 3.05) is 12.4 Å². The van der Waals surface area contributed by atoms with Crippen molar-refractivity contribution in [2.24, 2.45) is 0 Å². The van der Waals surface area contributed by atoms with E-state index in [0.29, 0.717) is 0 Å². The van der Waals surface area contributed by atoms with E-state index in [1.807, 2.05) is 0 Å². The van der Waals surface area contributed by atoms with Crippen LogP contribution < -0.4 is 15.4 Å². The summed E-state index contributed by atoms with van der Waals surface area (Å²) >= 11 is 0. The second-order valence-electron chi connectivity index (χ2n) is 4.37. The Bertz CT molecular complexity index is 459. The summed E-state index contributed by atoms with van der Waals surface area (Å²) in [4.78, 5) is 11.9. The lowest BCUT2D eigenvalue weighted by Crippen LogP contribution is -2.47. The molecule has 7 heteroatoms. The molecule has 0 unspecified atom stereocenters. The van der Waals surface area contributed by atoms with E-state index >= 15 is 0 Å². The Balaban J connectivity index is 2.93. The second kappa shape index (κ2) is 5.48. The lowest BCUT2D eigenvalue weighted by molar-refractivity contribution is -0.274. The molecular weight excluding hydrogens is 261 g/mol. The molecule has 4 nitrogen and oxygen atoms in total. The molecule has 106 valence electrons. The SMILES string of the molecule is CNC(C)(C)C(=O)Nc1ccccc1OC(F)(F)F. The van der Waals surface area contributed by atoms with Crippen molar-refractivity contribution in [1.82, 2.24) is 5.32 Å². The van der Waals surface area contributed by atoms with Gasteiger partial charge in [-0.1, -0.05) is 12.1 Å². The molecule has 0 saturated carbocycles. The highest BCUT2D eigenvalue weighted by Gasteiger charge is 2.33. The summed E-state index contributed by atoms with van der Waals surface area (Å²) in [6, 6.07) is 5.37. The molecule has 2 N–H and O–H groups in total. The van der Waals surface area contributed by atoms with Crippen molar-refractivity contribution >= 4 is 11.6 Å². The van der Waals surface area contributed by atoms with Gasteiger partial charge in [-0.25, -0.2) is 0 Å². The summed E-state index contributed by atoms with van der Waals surface area (Å²) < 4.78 is 40.5. The maximum Gasteiger partial charge on any atom is 0.573 e. The molecule has 1 aromatic carbocycles. The van der Waals surface area contributed by atoms with Gasteiger partial charge in [0.15, 0.2) is 5.75 Å². The number of halogens is 3. The first-order valence-corrected chi connectivity index (χ1v) is 5.51. The number of alkyl halides is 3. The predicted molar refractivity (Wildman–Crippen MR) is 64.9 cm³/mol. The quantitative estimate of drug-likeness (QED) is 0.888. The molecule has 19 heavy (non-hydrogen) atoms. The van der Waals surface area contributed by atoms with Gasteiger partial charge < -0.3 is 15.4 Å². The molecule has 0 aliphatic rings. The standard InChI is InChI=1S/C12H15F3N2O2/c1-11(2,16-3)10(18)17-8-6-4-5-7-9(8)19-12(13,14)15/h4-7,16H,1-3H3,(H,17,18). The van der Waals surface area contributed by atoms with Crippen molar-refractivity contribution in [3.8, 4) is 5.75 Å². The van der Waals surface area contributed by atoms with Crippen LogP contribution in [0.2, 0.25) is 0 Å². The molecule has 0 heterocycles. The van der Waals surface area contributed by atoms with Crippen molar-refractivity contribution < 1.29 is 22.7 Å². The number of rotatable bonds is 4. The third-order valence-electron chi connectivity index (χ3n) is 2.55. The minimum absolute atomic E-state index is 0.0341. The fourth-order valence-corrected chi connectivity index (χ4v) is 1.18. The number of hydrogen-bond donors (Lipinski definition) is 2. The predicted octanol–water partition coefficient (Wildman–Crippen LogP) is 2.52. The van der Waals surface area contributed by atoms with Gasteiger partial charge in [0.2, 0.25) is 5.91 Å². The number of benzene rings is 1. The largest absolute Gasteiger partial charge is 0.573 e. The lowest BCUT2D eigenvalue weighted by Gasteiger charge is -2.23. The number of para-hydroxylation sites is 2. The second-order valence-corrected chi connectivity index (χ2v) is 4.37. The third-order valence-corrected chi connectivity index (χ3v) is 2.55. The summed E-state index contributed by atoms with van der Waals surface area (Å²) in [5, 5.41) is 5.15. The fourth-order valence-electron chi connectivity index (χ4n) is 1.18. The van der Waals surface area contributed by atoms with Gasteiger partial charge in [0.1, 0.15) is 0 Å². The number of anilines is 1. The lowest BCUT2D eigenvalue weighted by atomic mass is 10.1. The molecule has 1 aromatic rings. The highest BCUT2D eigenvalue weighted by Crippen LogP contribution is 2.30. The minimum atomic E-state index is -4.81. The highest BCUT2D eigenvalue weighted by molar-refractivity contribution is 5.98. The van der Waals surface area contributed by atoms with Gasteiger partial charge in [-0.05, 0) is 33.0 Å². The van der Waals surface area contributed by atoms with E-state index in [1.54, 1.807) is 20.9 Å². The number of amides is 1. The summed E-state index contributed by atoms with van der Waals surface area (Å²) in [6.07, 6.45) is -4.81. The minimum Gasteiger partial charge on any atom is -0.404 e. The number of ether oxygens (including phenoxy) is 1. The summed E-state index contributed by atoms with van der Waals surface area (Å²) in [5.41, 5.74) is -0.945. The number of likely N-dealkylation sites (N-methyl/N-ethyl adjacent to an activating group) is 1. The van der Waals surface area contributed by atoms with Crippen LogP contribution in [0.5, 0.6) is 5.75 Å². The van der Waals surface area contributed by atoms with E-state index in [0.717, 1.165) is 6.07 Å². The van der Waals surface area contributed by atoms with Gasteiger partial charge >= 0.3 is 6.36 Å². The molecule has 0 saturated heterocycles. The number of hydrogen-bond acceptors (Lipinski definition) is 3. The molecular formula is C12H15F3N2O2. The maximum absolute atomic E-state index is 12.2. The topological polar surface area (TPSA) is 50.4 Å². The monoisotopic (exact) mass is 276 g/mol. The van der Waals surface area contributed by atoms with Crippen LogP contribution >= 0.6 is 0 Å². The van der Waals surface area contributed by atoms with E-state index in [4.69, 9.17) is 0 Å². The first-order valence-electron chi connectivity index (χ1n) is 5.51. The number of nitrogens with one attached hydrogen (secondary N) is 2. The zero-order valence-corrected chi connectivity index (χ0v) is 10.8. The molecule has 0 spiro atoms. The Labute approximate surface area is 108 Å². The molecule has 0 aliphatic carbocycles. The number of carbonyl (C=O) groups excluding carboxylic acids is 1. The normalized spacial score (nSPS) is 12.1. The molecule has 0 fully saturated rings. The molecule has 0 aromatic heterocycles.